The van der Waals surface area contributed by atoms with Crippen molar-refractivity contribution in [1.82, 2.24) is 9.88 Å². The lowest BCUT2D eigenvalue weighted by Gasteiger charge is -2.14. The highest BCUT2D eigenvalue weighted by Crippen LogP contribution is 2.15. The Morgan fingerprint density at radius 3 is 2.94 bits per heavy atom. The van der Waals surface area contributed by atoms with Gasteiger partial charge < -0.3 is 9.53 Å². The molecule has 1 unspecified atom stereocenters. The van der Waals surface area contributed by atoms with Crippen LogP contribution in [0.15, 0.2) is 36.5 Å². The van der Waals surface area contributed by atoms with E-state index in [2.05, 4.69) is 5.32 Å². The summed E-state index contributed by atoms with van der Waals surface area (Å²) in [6, 6.07) is 9.35. The molecule has 0 aliphatic rings. The topological polar surface area (TPSA) is 60.3 Å². The Labute approximate surface area is 104 Å². The van der Waals surface area contributed by atoms with Crippen molar-refractivity contribution in [2.45, 2.75) is 12.6 Å². The highest BCUT2D eigenvalue weighted by atomic mass is 16.6. The first-order valence-corrected chi connectivity index (χ1v) is 5.64. The standard InChI is InChI=1S/C13H14N2O3/c1-14-12(7-9-16)18-13(17)15-8-6-10-4-2-3-5-11(10)15/h2-6,8-9,12,14H,7H2,1H3. The monoisotopic (exact) mass is 246 g/mol. The molecular formula is C13H14N2O3. The molecule has 0 aliphatic heterocycles. The van der Waals surface area contributed by atoms with Crippen LogP contribution < -0.4 is 5.32 Å². The summed E-state index contributed by atoms with van der Waals surface area (Å²) >= 11 is 0. The van der Waals surface area contributed by atoms with Crippen LogP contribution in [0.25, 0.3) is 10.9 Å². The summed E-state index contributed by atoms with van der Waals surface area (Å²) in [7, 11) is 1.63. The fraction of sp³-hybridized carbons (Fsp3) is 0.231. The van der Waals surface area contributed by atoms with E-state index in [4.69, 9.17) is 4.74 Å². The predicted molar refractivity (Wildman–Crippen MR) is 67.3 cm³/mol. The number of hydrogen-bond donors (Lipinski definition) is 1. The molecule has 2 rings (SSSR count). The van der Waals surface area contributed by atoms with E-state index in [9.17, 15) is 9.59 Å². The van der Waals surface area contributed by atoms with Gasteiger partial charge in [0.15, 0.2) is 6.23 Å². The van der Waals surface area contributed by atoms with Crippen molar-refractivity contribution in [3.05, 3.63) is 36.5 Å². The number of aldehydes is 1. The van der Waals surface area contributed by atoms with Gasteiger partial charge in [0.05, 0.1) is 11.9 Å². The summed E-state index contributed by atoms with van der Waals surface area (Å²) < 4.78 is 6.60. The van der Waals surface area contributed by atoms with Crippen molar-refractivity contribution in [2.75, 3.05) is 7.05 Å². The second kappa shape index (κ2) is 5.46. The van der Waals surface area contributed by atoms with E-state index in [0.29, 0.717) is 6.29 Å². The van der Waals surface area contributed by atoms with Crippen LogP contribution >= 0.6 is 0 Å². The van der Waals surface area contributed by atoms with Gasteiger partial charge in [-0.15, -0.1) is 0 Å². The molecule has 1 aromatic heterocycles. The second-order valence-corrected chi connectivity index (χ2v) is 3.81. The van der Waals surface area contributed by atoms with Crippen LogP contribution in [0.2, 0.25) is 0 Å². The number of carbonyl (C=O) groups excluding carboxylic acids is 2. The summed E-state index contributed by atoms with van der Waals surface area (Å²) in [4.78, 5) is 22.4. The van der Waals surface area contributed by atoms with Crippen LogP contribution in [0.5, 0.6) is 0 Å². The van der Waals surface area contributed by atoms with E-state index in [-0.39, 0.29) is 6.42 Å². The molecule has 5 nitrogen and oxygen atoms in total. The van der Waals surface area contributed by atoms with Crippen LogP contribution in [-0.4, -0.2) is 30.2 Å². The van der Waals surface area contributed by atoms with Gasteiger partial charge in [0.1, 0.15) is 6.29 Å². The van der Waals surface area contributed by atoms with E-state index in [1.807, 2.05) is 30.3 Å². The van der Waals surface area contributed by atoms with Crippen LogP contribution in [0.3, 0.4) is 0 Å². The molecule has 0 amide bonds. The number of para-hydroxylation sites is 1. The zero-order valence-electron chi connectivity index (χ0n) is 10.00. The van der Waals surface area contributed by atoms with Gasteiger partial charge in [-0.2, -0.15) is 0 Å². The number of hydrogen-bond acceptors (Lipinski definition) is 4. The van der Waals surface area contributed by atoms with Gasteiger partial charge >= 0.3 is 6.09 Å². The van der Waals surface area contributed by atoms with Crippen molar-refractivity contribution in [1.29, 1.82) is 0 Å². The number of aromatic nitrogens is 1. The third-order valence-corrected chi connectivity index (χ3v) is 2.67. The van der Waals surface area contributed by atoms with Crippen molar-refractivity contribution in [3.8, 4) is 0 Å². The fourth-order valence-corrected chi connectivity index (χ4v) is 1.73. The third kappa shape index (κ3) is 2.41. The first-order valence-electron chi connectivity index (χ1n) is 5.64. The maximum Gasteiger partial charge on any atom is 0.420 e. The van der Waals surface area contributed by atoms with Crippen LogP contribution in [0, 0.1) is 0 Å². The first kappa shape index (κ1) is 12.3. The molecule has 1 heterocycles. The van der Waals surface area contributed by atoms with Gasteiger partial charge in [-0.25, -0.2) is 4.79 Å². The fourth-order valence-electron chi connectivity index (χ4n) is 1.73. The lowest BCUT2D eigenvalue weighted by molar-refractivity contribution is -0.109. The zero-order chi connectivity index (χ0) is 13.0. The lowest BCUT2D eigenvalue weighted by atomic mass is 10.2. The molecule has 5 heteroatoms. The molecule has 1 N–H and O–H groups in total. The molecule has 0 saturated heterocycles. The van der Waals surface area contributed by atoms with Gasteiger partial charge in [0.25, 0.3) is 0 Å². The van der Waals surface area contributed by atoms with Gasteiger partial charge in [-0.3, -0.25) is 9.88 Å². The maximum absolute atomic E-state index is 11.9. The van der Waals surface area contributed by atoms with Gasteiger partial charge in [0.2, 0.25) is 0 Å². The third-order valence-electron chi connectivity index (χ3n) is 2.67. The molecule has 0 fully saturated rings. The van der Waals surface area contributed by atoms with E-state index in [1.165, 1.54) is 4.57 Å². The molecule has 94 valence electrons. The Bertz CT molecular complexity index is 562. The molecule has 0 aliphatic carbocycles. The molecule has 0 bridgehead atoms. The highest BCUT2D eigenvalue weighted by molar-refractivity contribution is 5.89. The predicted octanol–water partition coefficient (Wildman–Crippen LogP) is 1.76. The van der Waals surface area contributed by atoms with Crippen LogP contribution in [0.4, 0.5) is 4.79 Å². The summed E-state index contributed by atoms with van der Waals surface area (Å²) in [5.74, 6) is 0. The highest BCUT2D eigenvalue weighted by Gasteiger charge is 2.15. The normalized spacial score (nSPS) is 12.3. The SMILES string of the molecule is CNC(CC=O)OC(=O)n1ccc2ccccc21. The smallest absolute Gasteiger partial charge is 0.420 e. The van der Waals surface area contributed by atoms with Crippen LogP contribution in [-0.2, 0) is 9.53 Å². The number of rotatable bonds is 4. The molecule has 1 atom stereocenters. The molecule has 2 aromatic rings. The Kier molecular flexibility index (Phi) is 3.74. The molecular weight excluding hydrogens is 232 g/mol. The van der Waals surface area contributed by atoms with Crippen molar-refractivity contribution >= 4 is 23.3 Å². The zero-order valence-corrected chi connectivity index (χ0v) is 10.00. The number of nitrogens with one attached hydrogen (secondary N) is 1. The minimum atomic E-state index is -0.601. The average molecular weight is 246 g/mol. The van der Waals surface area contributed by atoms with Crippen molar-refractivity contribution < 1.29 is 14.3 Å². The minimum absolute atomic E-state index is 0.126. The lowest BCUT2D eigenvalue weighted by Crippen LogP contribution is -2.32. The summed E-state index contributed by atoms with van der Waals surface area (Å²) in [6.07, 6.45) is 1.39. The summed E-state index contributed by atoms with van der Waals surface area (Å²) in [5, 5.41) is 3.72. The number of ether oxygens (including phenoxy) is 1. The molecule has 0 saturated carbocycles. The van der Waals surface area contributed by atoms with E-state index in [1.54, 1.807) is 13.2 Å². The van der Waals surface area contributed by atoms with E-state index >= 15 is 0 Å². The van der Waals surface area contributed by atoms with Gasteiger partial charge in [-0.05, 0) is 19.2 Å². The Morgan fingerprint density at radius 2 is 2.22 bits per heavy atom. The Balaban J connectivity index is 2.20. The van der Waals surface area contributed by atoms with Crippen molar-refractivity contribution in [3.63, 3.8) is 0 Å². The van der Waals surface area contributed by atoms with E-state index in [0.717, 1.165) is 10.9 Å². The summed E-state index contributed by atoms with van der Waals surface area (Å²) in [6.45, 7) is 0. The quantitative estimate of drug-likeness (QED) is 0.659. The van der Waals surface area contributed by atoms with E-state index < -0.39 is 12.3 Å². The largest absolute Gasteiger partial charge is 0.429 e. The van der Waals surface area contributed by atoms with Gasteiger partial charge in [-0.1, -0.05) is 18.2 Å². The molecule has 18 heavy (non-hydrogen) atoms. The number of carbonyl (C=O) groups is 2. The number of nitrogens with zero attached hydrogens (tertiary/aromatic N) is 1. The average Bonchev–Trinajstić information content (AvgIpc) is 2.82. The molecule has 0 radical (unpaired) electrons. The maximum atomic E-state index is 11.9. The number of benzene rings is 1. The van der Waals surface area contributed by atoms with Crippen LogP contribution in [0.1, 0.15) is 6.42 Å². The molecule has 1 aromatic carbocycles. The Hall–Kier alpha value is -2.14. The molecule has 0 spiro atoms. The Morgan fingerprint density at radius 1 is 1.44 bits per heavy atom. The second-order valence-electron chi connectivity index (χ2n) is 3.81. The van der Waals surface area contributed by atoms with Crippen molar-refractivity contribution in [2.24, 2.45) is 0 Å². The number of fused-ring (bicyclic) bond motifs is 1. The minimum Gasteiger partial charge on any atom is -0.429 e. The summed E-state index contributed by atoms with van der Waals surface area (Å²) in [5.41, 5.74) is 0.781. The van der Waals surface area contributed by atoms with Gasteiger partial charge in [0, 0.05) is 11.6 Å². The first-order chi connectivity index (χ1) is 8.76.